The minimum absolute atomic E-state index is 0.220. The quantitative estimate of drug-likeness (QED) is 0.727. The van der Waals surface area contributed by atoms with E-state index in [4.69, 9.17) is 10.8 Å². The second-order valence-electron chi connectivity index (χ2n) is 3.98. The molecule has 1 rings (SSSR count). The fraction of sp³-hybridized carbons (Fsp3) is 0.385. The number of hydrogen-bond acceptors (Lipinski definition) is 5. The first-order valence-electron chi connectivity index (χ1n) is 5.74. The summed E-state index contributed by atoms with van der Waals surface area (Å²) in [5.74, 6) is -0.342. The van der Waals surface area contributed by atoms with Gasteiger partial charge < -0.3 is 15.6 Å². The van der Waals surface area contributed by atoms with Crippen molar-refractivity contribution in [2.45, 2.75) is 18.2 Å². The predicted octanol–water partition coefficient (Wildman–Crippen LogP) is 1.05. The van der Waals surface area contributed by atoms with Gasteiger partial charge in [0.1, 0.15) is 6.04 Å². The van der Waals surface area contributed by atoms with E-state index >= 15 is 0 Å². The van der Waals surface area contributed by atoms with Gasteiger partial charge in [0.15, 0.2) is 0 Å². The third-order valence-corrected chi connectivity index (χ3v) is 3.66. The van der Waals surface area contributed by atoms with Gasteiger partial charge in [0, 0.05) is 11.5 Å². The van der Waals surface area contributed by atoms with Gasteiger partial charge in [0.2, 0.25) is 0 Å². The van der Waals surface area contributed by atoms with Crippen molar-refractivity contribution in [2.24, 2.45) is 5.73 Å². The Balaban J connectivity index is 2.58. The van der Waals surface area contributed by atoms with Gasteiger partial charge in [-0.2, -0.15) is 11.8 Å². The monoisotopic (exact) mass is 283 g/mol. The summed E-state index contributed by atoms with van der Waals surface area (Å²) in [6.45, 7) is 0. The van der Waals surface area contributed by atoms with Crippen LogP contribution >= 0.6 is 11.8 Å². The second kappa shape index (κ2) is 7.81. The molecule has 1 atom stereocenters. The smallest absolute Gasteiger partial charge is 0.321 e. The number of rotatable bonds is 7. The lowest BCUT2D eigenvalue weighted by Gasteiger charge is -2.09. The highest BCUT2D eigenvalue weighted by molar-refractivity contribution is 7.98. The van der Waals surface area contributed by atoms with Crippen LogP contribution in [0.15, 0.2) is 24.3 Å². The van der Waals surface area contributed by atoms with E-state index in [-0.39, 0.29) is 12.4 Å². The zero-order valence-electron chi connectivity index (χ0n) is 10.7. The highest BCUT2D eigenvalue weighted by Gasteiger charge is 2.12. The van der Waals surface area contributed by atoms with Crippen LogP contribution in [0.1, 0.15) is 11.1 Å². The number of nitrogens with two attached hydrogens (primary N) is 1. The van der Waals surface area contributed by atoms with Gasteiger partial charge in [-0.25, -0.2) is 0 Å². The summed E-state index contributed by atoms with van der Waals surface area (Å²) >= 11 is 1.43. The predicted molar refractivity (Wildman–Crippen MR) is 73.9 cm³/mol. The maximum Gasteiger partial charge on any atom is 0.321 e. The van der Waals surface area contributed by atoms with E-state index in [1.165, 1.54) is 18.9 Å². The summed E-state index contributed by atoms with van der Waals surface area (Å²) in [7, 11) is 1.35. The van der Waals surface area contributed by atoms with Gasteiger partial charge in [-0.3, -0.25) is 9.59 Å². The molecule has 0 amide bonds. The van der Waals surface area contributed by atoms with Crippen molar-refractivity contribution >= 4 is 23.7 Å². The molecule has 0 spiro atoms. The van der Waals surface area contributed by atoms with E-state index in [0.717, 1.165) is 11.1 Å². The molecule has 0 saturated heterocycles. The second-order valence-corrected chi connectivity index (χ2v) is 5.01. The minimum atomic E-state index is -1.00. The Morgan fingerprint density at radius 1 is 1.37 bits per heavy atom. The van der Waals surface area contributed by atoms with E-state index in [2.05, 4.69) is 4.74 Å². The lowest BCUT2D eigenvalue weighted by molar-refractivity contribution is -0.140. The van der Waals surface area contributed by atoms with Gasteiger partial charge in [-0.05, 0) is 11.1 Å². The van der Waals surface area contributed by atoms with Crippen LogP contribution in [0.2, 0.25) is 0 Å². The number of hydrogen-bond donors (Lipinski definition) is 2. The summed E-state index contributed by atoms with van der Waals surface area (Å²) in [6, 6.07) is 6.66. The van der Waals surface area contributed by atoms with Gasteiger partial charge in [-0.1, -0.05) is 24.3 Å². The Kier molecular flexibility index (Phi) is 6.38. The van der Waals surface area contributed by atoms with Gasteiger partial charge in [0.05, 0.1) is 13.5 Å². The molecule has 3 N–H and O–H groups in total. The Morgan fingerprint density at radius 3 is 2.58 bits per heavy atom. The van der Waals surface area contributed by atoms with Crippen molar-refractivity contribution < 1.29 is 19.4 Å². The van der Waals surface area contributed by atoms with Crippen LogP contribution in [-0.2, 0) is 26.5 Å². The first kappa shape index (κ1) is 15.5. The minimum Gasteiger partial charge on any atom is -0.480 e. The maximum absolute atomic E-state index is 11.3. The van der Waals surface area contributed by atoms with E-state index in [9.17, 15) is 9.59 Å². The molecule has 1 aromatic carbocycles. The van der Waals surface area contributed by atoms with Gasteiger partial charge >= 0.3 is 11.9 Å². The van der Waals surface area contributed by atoms with E-state index < -0.39 is 12.0 Å². The lowest BCUT2D eigenvalue weighted by Crippen LogP contribution is -2.32. The molecular formula is C13H17NO4S. The number of aliphatic carboxylic acids is 1. The first-order chi connectivity index (χ1) is 9.04. The molecule has 5 nitrogen and oxygen atoms in total. The molecule has 0 aliphatic heterocycles. The molecule has 19 heavy (non-hydrogen) atoms. The van der Waals surface area contributed by atoms with Crippen LogP contribution in [0.3, 0.4) is 0 Å². The average Bonchev–Trinajstić information content (AvgIpc) is 2.40. The van der Waals surface area contributed by atoms with Crippen molar-refractivity contribution in [3.63, 3.8) is 0 Å². The Bertz CT molecular complexity index is 450. The summed E-state index contributed by atoms with van der Waals surface area (Å²) in [6.07, 6.45) is 0.220. The number of esters is 1. The molecule has 0 fully saturated rings. The first-order valence-corrected chi connectivity index (χ1v) is 6.89. The Labute approximate surface area is 116 Å². The standard InChI is InChI=1S/C13H17NO4S/c1-18-12(15)6-9-4-2-3-5-10(9)7-19-8-11(14)13(16)17/h2-5,11H,6-8,14H2,1H3,(H,16,17). The van der Waals surface area contributed by atoms with Gasteiger partial charge in [0.25, 0.3) is 0 Å². The molecule has 0 aliphatic carbocycles. The van der Waals surface area contributed by atoms with E-state index in [1.807, 2.05) is 24.3 Å². The van der Waals surface area contributed by atoms with Crippen LogP contribution in [0, 0.1) is 0 Å². The van der Waals surface area contributed by atoms with E-state index in [0.29, 0.717) is 11.5 Å². The van der Waals surface area contributed by atoms with Crippen LogP contribution in [0.4, 0.5) is 0 Å². The summed E-state index contributed by atoms with van der Waals surface area (Å²) in [5.41, 5.74) is 7.32. The number of thioether (sulfide) groups is 1. The number of ether oxygens (including phenoxy) is 1. The molecule has 0 saturated carbocycles. The van der Waals surface area contributed by atoms with Crippen LogP contribution < -0.4 is 5.73 Å². The number of carboxylic acid groups (broad SMARTS) is 1. The van der Waals surface area contributed by atoms with E-state index in [1.54, 1.807) is 0 Å². The van der Waals surface area contributed by atoms with Crippen LogP contribution in [0.5, 0.6) is 0 Å². The lowest BCUT2D eigenvalue weighted by atomic mass is 10.1. The SMILES string of the molecule is COC(=O)Cc1ccccc1CSCC(N)C(=O)O. The van der Waals surface area contributed by atoms with Crippen molar-refractivity contribution in [3.05, 3.63) is 35.4 Å². The molecule has 1 unspecified atom stereocenters. The summed E-state index contributed by atoms with van der Waals surface area (Å²) in [5, 5.41) is 8.69. The van der Waals surface area contributed by atoms with Crippen molar-refractivity contribution in [1.29, 1.82) is 0 Å². The molecule has 0 heterocycles. The highest BCUT2D eigenvalue weighted by atomic mass is 32.2. The maximum atomic E-state index is 11.3. The van der Waals surface area contributed by atoms with Crippen LogP contribution in [-0.4, -0.2) is 35.9 Å². The molecule has 0 radical (unpaired) electrons. The average molecular weight is 283 g/mol. The topological polar surface area (TPSA) is 89.6 Å². The zero-order valence-corrected chi connectivity index (χ0v) is 11.5. The van der Waals surface area contributed by atoms with Crippen molar-refractivity contribution in [2.75, 3.05) is 12.9 Å². The molecule has 0 aliphatic rings. The van der Waals surface area contributed by atoms with Crippen LogP contribution in [0.25, 0.3) is 0 Å². The normalized spacial score (nSPS) is 11.9. The number of benzene rings is 1. The highest BCUT2D eigenvalue weighted by Crippen LogP contribution is 2.18. The number of carbonyl (C=O) groups is 2. The number of carboxylic acids is 1. The fourth-order valence-electron chi connectivity index (χ4n) is 1.47. The molecule has 1 aromatic rings. The fourth-order valence-corrected chi connectivity index (χ4v) is 2.48. The summed E-state index contributed by atoms with van der Waals surface area (Å²) in [4.78, 5) is 21.9. The third-order valence-electron chi connectivity index (χ3n) is 2.55. The Morgan fingerprint density at radius 2 is 2.00 bits per heavy atom. The third kappa shape index (κ3) is 5.32. The molecule has 0 bridgehead atoms. The molecule has 0 aromatic heterocycles. The summed E-state index contributed by atoms with van der Waals surface area (Å²) < 4.78 is 4.64. The van der Waals surface area contributed by atoms with Crippen molar-refractivity contribution in [3.8, 4) is 0 Å². The van der Waals surface area contributed by atoms with Gasteiger partial charge in [-0.15, -0.1) is 0 Å². The Hall–Kier alpha value is -1.53. The number of carbonyl (C=O) groups excluding carboxylic acids is 1. The molecule has 104 valence electrons. The van der Waals surface area contributed by atoms with Crippen molar-refractivity contribution in [1.82, 2.24) is 0 Å². The largest absolute Gasteiger partial charge is 0.480 e. The number of methoxy groups -OCH3 is 1. The zero-order chi connectivity index (χ0) is 14.3. The molecule has 6 heteroatoms. The molecular weight excluding hydrogens is 266 g/mol.